The molecule has 1 rings (SSSR count). The van der Waals surface area contributed by atoms with Crippen molar-refractivity contribution in [2.75, 3.05) is 0 Å². The van der Waals surface area contributed by atoms with Crippen molar-refractivity contribution in [2.45, 2.75) is 6.18 Å². The van der Waals surface area contributed by atoms with Crippen LogP contribution in [0.3, 0.4) is 0 Å². The topological polar surface area (TPSA) is 63.0 Å². The van der Waals surface area contributed by atoms with E-state index < -0.39 is 18.0 Å². The highest BCUT2D eigenvalue weighted by Gasteiger charge is 2.41. The van der Waals surface area contributed by atoms with Crippen LogP contribution in [0.5, 0.6) is 5.88 Å². The van der Waals surface area contributed by atoms with E-state index in [4.69, 9.17) is 5.26 Å². The minimum absolute atomic E-state index is 0.137. The number of alkyl halides is 3. The molecule has 1 heterocycles. The van der Waals surface area contributed by atoms with E-state index in [0.717, 1.165) is 6.07 Å². The predicted molar refractivity (Wildman–Crippen MR) is 40.6 cm³/mol. The van der Waals surface area contributed by atoms with Crippen LogP contribution in [0.1, 0.15) is 5.69 Å². The van der Waals surface area contributed by atoms with Gasteiger partial charge in [0.2, 0.25) is 5.88 Å². The van der Waals surface area contributed by atoms with Crippen molar-refractivity contribution >= 4 is 5.97 Å². The van der Waals surface area contributed by atoms with Crippen molar-refractivity contribution in [1.29, 1.82) is 5.26 Å². The second kappa shape index (κ2) is 3.96. The summed E-state index contributed by atoms with van der Waals surface area (Å²) in [5.41, 5.74) is -0.137. The number of halogens is 3. The van der Waals surface area contributed by atoms with Crippen molar-refractivity contribution in [3.8, 4) is 11.9 Å². The lowest BCUT2D eigenvalue weighted by Crippen LogP contribution is -2.28. The summed E-state index contributed by atoms with van der Waals surface area (Å²) in [6, 6.07) is 5.17. The number of hydrogen-bond donors (Lipinski definition) is 0. The summed E-state index contributed by atoms with van der Waals surface area (Å²) in [4.78, 5) is 13.7. The summed E-state index contributed by atoms with van der Waals surface area (Å²) in [6.45, 7) is 0. The van der Waals surface area contributed by atoms with Gasteiger partial charge in [-0.3, -0.25) is 0 Å². The lowest BCUT2D eigenvalue weighted by Gasteiger charge is -2.05. The summed E-state index contributed by atoms with van der Waals surface area (Å²) in [6.07, 6.45) is -5.08. The van der Waals surface area contributed by atoms with Crippen LogP contribution in [-0.4, -0.2) is 17.1 Å². The highest BCUT2D eigenvalue weighted by atomic mass is 19.4. The van der Waals surface area contributed by atoms with E-state index in [2.05, 4.69) is 9.72 Å². The molecular weight excluding hydrogens is 213 g/mol. The molecule has 0 aliphatic carbocycles. The Balaban J connectivity index is 2.83. The smallest absolute Gasteiger partial charge is 0.401 e. The Labute approximate surface area is 81.9 Å². The third-order valence-corrected chi connectivity index (χ3v) is 1.27. The second-order valence-corrected chi connectivity index (χ2v) is 2.36. The molecule has 0 aliphatic heterocycles. The zero-order chi connectivity index (χ0) is 11.5. The molecule has 7 heteroatoms. The largest absolute Gasteiger partial charge is 0.491 e. The van der Waals surface area contributed by atoms with Gasteiger partial charge in [0.1, 0.15) is 11.8 Å². The molecule has 0 unspecified atom stereocenters. The average molecular weight is 216 g/mol. The van der Waals surface area contributed by atoms with E-state index in [1.165, 1.54) is 12.1 Å². The molecule has 4 nitrogen and oxygen atoms in total. The second-order valence-electron chi connectivity index (χ2n) is 2.36. The molecule has 0 N–H and O–H groups in total. The molecule has 0 saturated carbocycles. The van der Waals surface area contributed by atoms with Crippen LogP contribution in [0.25, 0.3) is 0 Å². The van der Waals surface area contributed by atoms with Crippen LogP contribution < -0.4 is 4.74 Å². The van der Waals surface area contributed by atoms with Crippen LogP contribution in [0.2, 0.25) is 0 Å². The molecular formula is C8H3F3N2O2. The molecule has 0 bridgehead atoms. The Bertz CT molecular complexity index is 423. The number of nitriles is 1. The third kappa shape index (κ3) is 2.95. The van der Waals surface area contributed by atoms with Gasteiger partial charge in [0, 0.05) is 6.07 Å². The van der Waals surface area contributed by atoms with Gasteiger partial charge in [0.15, 0.2) is 0 Å². The Morgan fingerprint density at radius 2 is 2.13 bits per heavy atom. The van der Waals surface area contributed by atoms with Crippen LogP contribution in [-0.2, 0) is 4.79 Å². The standard InChI is InChI=1S/C8H3F3N2O2/c9-8(10,11)7(14)15-6-3-1-2-5(4-12)13-6/h1-3H. The van der Waals surface area contributed by atoms with Gasteiger partial charge in [0.25, 0.3) is 0 Å². The Morgan fingerprint density at radius 3 is 2.67 bits per heavy atom. The van der Waals surface area contributed by atoms with Gasteiger partial charge in [-0.1, -0.05) is 6.07 Å². The van der Waals surface area contributed by atoms with Crippen molar-refractivity contribution in [1.82, 2.24) is 4.98 Å². The molecule has 0 spiro atoms. The molecule has 0 aromatic carbocycles. The SMILES string of the molecule is N#Cc1cccc(OC(=O)C(F)(F)F)n1. The highest BCUT2D eigenvalue weighted by molar-refractivity contribution is 5.77. The summed E-state index contributed by atoms with van der Waals surface area (Å²) < 4.78 is 39.1. The summed E-state index contributed by atoms with van der Waals surface area (Å²) >= 11 is 0. The van der Waals surface area contributed by atoms with Gasteiger partial charge < -0.3 is 4.74 Å². The molecule has 0 fully saturated rings. The van der Waals surface area contributed by atoms with Gasteiger partial charge >= 0.3 is 12.1 Å². The van der Waals surface area contributed by atoms with E-state index in [-0.39, 0.29) is 5.69 Å². The molecule has 0 atom stereocenters. The van der Waals surface area contributed by atoms with Crippen molar-refractivity contribution < 1.29 is 22.7 Å². The summed E-state index contributed by atoms with van der Waals surface area (Å²) in [5.74, 6) is -2.93. The minimum atomic E-state index is -5.08. The maximum Gasteiger partial charge on any atom is 0.491 e. The number of carbonyl (C=O) groups is 1. The van der Waals surface area contributed by atoms with Gasteiger partial charge in [-0.25, -0.2) is 9.78 Å². The fourth-order valence-electron chi connectivity index (χ4n) is 0.687. The monoisotopic (exact) mass is 216 g/mol. The fraction of sp³-hybridized carbons (Fsp3) is 0.125. The van der Waals surface area contributed by atoms with Crippen LogP contribution in [0.4, 0.5) is 13.2 Å². The van der Waals surface area contributed by atoms with E-state index in [1.807, 2.05) is 0 Å². The first-order valence-electron chi connectivity index (χ1n) is 3.59. The van der Waals surface area contributed by atoms with Gasteiger partial charge in [-0.2, -0.15) is 18.4 Å². The number of esters is 1. The first kappa shape index (κ1) is 11.0. The normalized spacial score (nSPS) is 10.5. The fourth-order valence-corrected chi connectivity index (χ4v) is 0.687. The number of aromatic nitrogens is 1. The Hall–Kier alpha value is -2.10. The van der Waals surface area contributed by atoms with Gasteiger partial charge in [-0.05, 0) is 6.07 Å². The van der Waals surface area contributed by atoms with E-state index in [1.54, 1.807) is 6.07 Å². The van der Waals surface area contributed by atoms with Crippen molar-refractivity contribution in [2.24, 2.45) is 0 Å². The van der Waals surface area contributed by atoms with Crippen LogP contribution in [0, 0.1) is 11.3 Å². The van der Waals surface area contributed by atoms with Crippen LogP contribution >= 0.6 is 0 Å². The number of hydrogen-bond acceptors (Lipinski definition) is 4. The number of nitrogens with zero attached hydrogens (tertiary/aromatic N) is 2. The molecule has 0 aliphatic rings. The Kier molecular flexibility index (Phi) is 2.90. The first-order valence-corrected chi connectivity index (χ1v) is 3.59. The van der Waals surface area contributed by atoms with Crippen molar-refractivity contribution in [3.05, 3.63) is 23.9 Å². The lowest BCUT2D eigenvalue weighted by atomic mass is 10.4. The summed E-state index contributed by atoms with van der Waals surface area (Å²) in [5, 5.41) is 8.38. The Morgan fingerprint density at radius 1 is 1.47 bits per heavy atom. The molecule has 1 aromatic heterocycles. The zero-order valence-electron chi connectivity index (χ0n) is 7.08. The molecule has 15 heavy (non-hydrogen) atoms. The first-order chi connectivity index (χ1) is 6.93. The van der Waals surface area contributed by atoms with Gasteiger partial charge in [-0.15, -0.1) is 0 Å². The van der Waals surface area contributed by atoms with E-state index in [0.29, 0.717) is 0 Å². The number of carbonyl (C=O) groups excluding carboxylic acids is 1. The number of ether oxygens (including phenoxy) is 1. The molecule has 0 amide bonds. The molecule has 0 saturated heterocycles. The average Bonchev–Trinajstić information content (AvgIpc) is 2.16. The molecule has 78 valence electrons. The lowest BCUT2D eigenvalue weighted by molar-refractivity contribution is -0.190. The minimum Gasteiger partial charge on any atom is -0.401 e. The van der Waals surface area contributed by atoms with Crippen LogP contribution in [0.15, 0.2) is 18.2 Å². The molecule has 1 aromatic rings. The predicted octanol–water partition coefficient (Wildman–Crippen LogP) is 1.42. The maximum atomic E-state index is 11.7. The highest BCUT2D eigenvalue weighted by Crippen LogP contribution is 2.18. The number of pyridine rings is 1. The van der Waals surface area contributed by atoms with Gasteiger partial charge in [0.05, 0.1) is 0 Å². The number of rotatable bonds is 1. The zero-order valence-corrected chi connectivity index (χ0v) is 7.08. The van der Waals surface area contributed by atoms with Crippen molar-refractivity contribution in [3.63, 3.8) is 0 Å². The third-order valence-electron chi connectivity index (χ3n) is 1.27. The molecule has 0 radical (unpaired) electrons. The maximum absolute atomic E-state index is 11.7. The quantitative estimate of drug-likeness (QED) is 0.666. The van der Waals surface area contributed by atoms with E-state index in [9.17, 15) is 18.0 Å². The summed E-state index contributed by atoms with van der Waals surface area (Å²) in [7, 11) is 0. The van der Waals surface area contributed by atoms with E-state index >= 15 is 0 Å².